The van der Waals surface area contributed by atoms with E-state index in [9.17, 15) is 4.79 Å². The highest BCUT2D eigenvalue weighted by Gasteiger charge is 2.25. The number of hydrogen-bond donors (Lipinski definition) is 1. The van der Waals surface area contributed by atoms with Gasteiger partial charge in [-0.3, -0.25) is 9.48 Å². The van der Waals surface area contributed by atoms with E-state index in [2.05, 4.69) is 40.7 Å². The van der Waals surface area contributed by atoms with Gasteiger partial charge >= 0.3 is 0 Å². The monoisotopic (exact) mass is 336 g/mol. The van der Waals surface area contributed by atoms with Crippen molar-refractivity contribution >= 4 is 5.91 Å². The minimum atomic E-state index is -0.167. The third kappa shape index (κ3) is 2.95. The zero-order chi connectivity index (χ0) is 17.4. The molecule has 0 radical (unpaired) electrons. The van der Waals surface area contributed by atoms with Gasteiger partial charge in [0.2, 0.25) is 0 Å². The van der Waals surface area contributed by atoms with Crippen LogP contribution in [0, 0.1) is 6.92 Å². The van der Waals surface area contributed by atoms with Gasteiger partial charge < -0.3 is 9.84 Å². The van der Waals surface area contributed by atoms with E-state index in [1.54, 1.807) is 17.1 Å². The third-order valence-electron chi connectivity index (χ3n) is 4.70. The molecule has 1 aliphatic carbocycles. The Kier molecular flexibility index (Phi) is 3.87. The molecular formula is C19H20N4O2. The van der Waals surface area contributed by atoms with Crippen LogP contribution in [0.3, 0.4) is 0 Å². The number of carbonyl (C=O) groups excluding carboxylic acids is 1. The molecule has 0 fully saturated rings. The molecule has 6 nitrogen and oxygen atoms in total. The molecule has 0 saturated carbocycles. The fraction of sp³-hybridized carbons (Fsp3) is 0.316. The summed E-state index contributed by atoms with van der Waals surface area (Å²) in [6.07, 6.45) is 8.01. The molecule has 4 rings (SSSR count). The van der Waals surface area contributed by atoms with Crippen molar-refractivity contribution in [3.8, 4) is 11.3 Å². The number of amides is 1. The molecule has 1 aliphatic rings. The Labute approximate surface area is 145 Å². The van der Waals surface area contributed by atoms with Gasteiger partial charge in [0.25, 0.3) is 5.91 Å². The first-order valence-corrected chi connectivity index (χ1v) is 8.46. The van der Waals surface area contributed by atoms with E-state index in [4.69, 9.17) is 4.52 Å². The molecule has 3 aromatic rings. The van der Waals surface area contributed by atoms with Gasteiger partial charge in [-0.15, -0.1) is 0 Å². The van der Waals surface area contributed by atoms with Crippen LogP contribution in [-0.4, -0.2) is 20.8 Å². The standard InChI is InChI=1S/C19H20N4O2/c1-12-6-7-13-4-3-5-17(15(13)8-12)22-19(24)16-10-21-25-18(16)14-9-20-23(2)11-14/h6-11,17H,3-5H2,1-2H3,(H,22,24)/t17-/m0/s1. The van der Waals surface area contributed by atoms with Crippen molar-refractivity contribution < 1.29 is 9.32 Å². The van der Waals surface area contributed by atoms with Gasteiger partial charge in [0, 0.05) is 13.2 Å². The molecular weight excluding hydrogens is 316 g/mol. The Morgan fingerprint density at radius 1 is 1.36 bits per heavy atom. The first kappa shape index (κ1) is 15.6. The highest BCUT2D eigenvalue weighted by atomic mass is 16.5. The number of fused-ring (bicyclic) bond motifs is 1. The van der Waals surface area contributed by atoms with E-state index in [1.807, 2.05) is 7.05 Å². The van der Waals surface area contributed by atoms with E-state index >= 15 is 0 Å². The number of nitrogens with one attached hydrogen (secondary N) is 1. The molecule has 0 spiro atoms. The molecule has 1 aromatic carbocycles. The SMILES string of the molecule is Cc1ccc2c(c1)[C@@H](NC(=O)c1cnoc1-c1cnn(C)c1)CCC2. The second-order valence-corrected chi connectivity index (χ2v) is 6.59. The predicted molar refractivity (Wildman–Crippen MR) is 93.0 cm³/mol. The average molecular weight is 336 g/mol. The number of nitrogens with zero attached hydrogens (tertiary/aromatic N) is 3. The minimum Gasteiger partial charge on any atom is -0.355 e. The quantitative estimate of drug-likeness (QED) is 0.797. The molecule has 2 heterocycles. The van der Waals surface area contributed by atoms with Crippen LogP contribution < -0.4 is 5.32 Å². The maximum atomic E-state index is 12.8. The average Bonchev–Trinajstić information content (AvgIpc) is 3.24. The summed E-state index contributed by atoms with van der Waals surface area (Å²) in [6.45, 7) is 2.08. The summed E-state index contributed by atoms with van der Waals surface area (Å²) in [7, 11) is 1.82. The molecule has 1 atom stereocenters. The van der Waals surface area contributed by atoms with Gasteiger partial charge in [-0.05, 0) is 37.3 Å². The van der Waals surface area contributed by atoms with E-state index in [-0.39, 0.29) is 11.9 Å². The Bertz CT molecular complexity index is 925. The predicted octanol–water partition coefficient (Wildman–Crippen LogP) is 3.19. The van der Waals surface area contributed by atoms with Crippen LogP contribution >= 0.6 is 0 Å². The molecule has 0 aliphatic heterocycles. The molecule has 0 saturated heterocycles. The normalized spacial score (nSPS) is 16.5. The first-order chi connectivity index (χ1) is 12.1. The van der Waals surface area contributed by atoms with E-state index < -0.39 is 0 Å². The van der Waals surface area contributed by atoms with Crippen LogP contribution in [0.2, 0.25) is 0 Å². The second kappa shape index (κ2) is 6.20. The molecule has 1 N–H and O–H groups in total. The van der Waals surface area contributed by atoms with Gasteiger partial charge in [-0.2, -0.15) is 5.10 Å². The fourth-order valence-electron chi connectivity index (χ4n) is 3.45. The van der Waals surface area contributed by atoms with Crippen LogP contribution in [0.5, 0.6) is 0 Å². The Morgan fingerprint density at radius 3 is 3.04 bits per heavy atom. The highest BCUT2D eigenvalue weighted by Crippen LogP contribution is 2.31. The Hall–Kier alpha value is -2.89. The first-order valence-electron chi connectivity index (χ1n) is 8.46. The maximum absolute atomic E-state index is 12.8. The molecule has 0 unspecified atom stereocenters. The highest BCUT2D eigenvalue weighted by molar-refractivity contribution is 5.99. The largest absolute Gasteiger partial charge is 0.355 e. The number of benzene rings is 1. The zero-order valence-electron chi connectivity index (χ0n) is 14.3. The number of rotatable bonds is 3. The van der Waals surface area contributed by atoms with Crippen LogP contribution in [0.4, 0.5) is 0 Å². The molecule has 128 valence electrons. The summed E-state index contributed by atoms with van der Waals surface area (Å²) in [6, 6.07) is 6.50. The summed E-state index contributed by atoms with van der Waals surface area (Å²) >= 11 is 0. The van der Waals surface area contributed by atoms with E-state index in [1.165, 1.54) is 22.9 Å². The lowest BCUT2D eigenvalue weighted by Crippen LogP contribution is -2.31. The number of carbonyl (C=O) groups is 1. The van der Waals surface area contributed by atoms with Gasteiger partial charge in [0.15, 0.2) is 5.76 Å². The van der Waals surface area contributed by atoms with Crippen LogP contribution in [0.15, 0.2) is 41.3 Å². The van der Waals surface area contributed by atoms with Crippen molar-refractivity contribution in [2.24, 2.45) is 7.05 Å². The summed E-state index contributed by atoms with van der Waals surface area (Å²) in [5, 5.41) is 11.1. The molecule has 0 bridgehead atoms. The topological polar surface area (TPSA) is 73.0 Å². The number of aryl methyl sites for hydroxylation is 3. The minimum absolute atomic E-state index is 0.0211. The zero-order valence-corrected chi connectivity index (χ0v) is 14.3. The van der Waals surface area contributed by atoms with Gasteiger partial charge in [-0.1, -0.05) is 28.9 Å². The van der Waals surface area contributed by atoms with Crippen LogP contribution in [-0.2, 0) is 13.5 Å². The second-order valence-electron chi connectivity index (χ2n) is 6.59. The summed E-state index contributed by atoms with van der Waals surface area (Å²) in [5.41, 5.74) is 4.93. The summed E-state index contributed by atoms with van der Waals surface area (Å²) in [4.78, 5) is 12.8. The van der Waals surface area contributed by atoms with Crippen molar-refractivity contribution in [1.29, 1.82) is 0 Å². The molecule has 25 heavy (non-hydrogen) atoms. The lowest BCUT2D eigenvalue weighted by Gasteiger charge is -2.26. The van der Waals surface area contributed by atoms with Gasteiger partial charge in [-0.25, -0.2) is 0 Å². The van der Waals surface area contributed by atoms with Gasteiger partial charge in [0.1, 0.15) is 5.56 Å². The van der Waals surface area contributed by atoms with Gasteiger partial charge in [0.05, 0.1) is 24.0 Å². The maximum Gasteiger partial charge on any atom is 0.257 e. The fourth-order valence-corrected chi connectivity index (χ4v) is 3.45. The van der Waals surface area contributed by atoms with Crippen LogP contribution in [0.25, 0.3) is 11.3 Å². The van der Waals surface area contributed by atoms with Crippen molar-refractivity contribution in [3.63, 3.8) is 0 Å². The van der Waals surface area contributed by atoms with Crippen molar-refractivity contribution in [3.05, 3.63) is 59.0 Å². The smallest absolute Gasteiger partial charge is 0.257 e. The molecule has 2 aromatic heterocycles. The lowest BCUT2D eigenvalue weighted by atomic mass is 9.86. The molecule has 1 amide bonds. The summed E-state index contributed by atoms with van der Waals surface area (Å²) < 4.78 is 6.97. The van der Waals surface area contributed by atoms with Crippen molar-refractivity contribution in [2.45, 2.75) is 32.2 Å². The number of hydrogen-bond acceptors (Lipinski definition) is 4. The Morgan fingerprint density at radius 2 is 2.24 bits per heavy atom. The third-order valence-corrected chi connectivity index (χ3v) is 4.70. The Balaban J connectivity index is 1.60. The lowest BCUT2D eigenvalue weighted by molar-refractivity contribution is 0.0933. The molecule has 6 heteroatoms. The van der Waals surface area contributed by atoms with Crippen molar-refractivity contribution in [1.82, 2.24) is 20.3 Å². The van der Waals surface area contributed by atoms with Crippen molar-refractivity contribution in [2.75, 3.05) is 0 Å². The van der Waals surface area contributed by atoms with Crippen LogP contribution in [0.1, 0.15) is 45.9 Å². The van der Waals surface area contributed by atoms with E-state index in [0.29, 0.717) is 11.3 Å². The number of aromatic nitrogens is 3. The summed E-state index contributed by atoms with van der Waals surface area (Å²) in [5.74, 6) is 0.283. The van der Waals surface area contributed by atoms with E-state index in [0.717, 1.165) is 24.8 Å².